The van der Waals surface area contributed by atoms with Gasteiger partial charge in [0, 0.05) is 6.54 Å². The third kappa shape index (κ3) is 2.31. The van der Waals surface area contributed by atoms with E-state index in [2.05, 4.69) is 6.07 Å². The first-order valence-corrected chi connectivity index (χ1v) is 5.23. The fraction of sp³-hybridized carbons (Fsp3) is 0.333. The predicted octanol–water partition coefficient (Wildman–Crippen LogP) is 1.52. The van der Waals surface area contributed by atoms with Gasteiger partial charge in [0.1, 0.15) is 18.4 Å². The molecular formula is C12H12N2O3. The van der Waals surface area contributed by atoms with Gasteiger partial charge in [-0.15, -0.1) is 0 Å². The zero-order chi connectivity index (χ0) is 12.3. The number of hydrogen-bond donors (Lipinski definition) is 0. The lowest BCUT2D eigenvalue weighted by molar-refractivity contribution is 0.157. The molecule has 2 rings (SSSR count). The van der Waals surface area contributed by atoms with E-state index in [0.717, 1.165) is 5.56 Å². The van der Waals surface area contributed by atoms with Crippen molar-refractivity contribution in [2.45, 2.75) is 6.54 Å². The van der Waals surface area contributed by atoms with Crippen LogP contribution in [0.3, 0.4) is 0 Å². The molecule has 0 radical (unpaired) electrons. The number of benzene rings is 1. The van der Waals surface area contributed by atoms with E-state index in [1.54, 1.807) is 17.0 Å². The molecule has 1 heterocycles. The van der Waals surface area contributed by atoms with E-state index in [9.17, 15) is 4.79 Å². The third-order valence-electron chi connectivity index (χ3n) is 2.60. The van der Waals surface area contributed by atoms with Gasteiger partial charge in [0.05, 0.1) is 19.2 Å². The Morgan fingerprint density at radius 1 is 1.59 bits per heavy atom. The second kappa shape index (κ2) is 4.74. The number of methoxy groups -OCH3 is 1. The molecule has 1 amide bonds. The first-order valence-electron chi connectivity index (χ1n) is 5.23. The highest BCUT2D eigenvalue weighted by Gasteiger charge is 2.21. The van der Waals surface area contributed by atoms with Gasteiger partial charge < -0.3 is 14.4 Å². The normalized spacial score (nSPS) is 14.4. The number of rotatable bonds is 3. The minimum Gasteiger partial charge on any atom is -0.495 e. The molecule has 1 saturated heterocycles. The van der Waals surface area contributed by atoms with Gasteiger partial charge in [-0.1, -0.05) is 6.07 Å². The molecule has 0 atom stereocenters. The molecule has 1 aliphatic heterocycles. The zero-order valence-corrected chi connectivity index (χ0v) is 9.47. The molecule has 0 saturated carbocycles. The van der Waals surface area contributed by atoms with Crippen molar-refractivity contribution in [2.75, 3.05) is 20.3 Å². The first-order chi connectivity index (χ1) is 8.24. The molecule has 0 bridgehead atoms. The molecule has 0 unspecified atom stereocenters. The summed E-state index contributed by atoms with van der Waals surface area (Å²) in [7, 11) is 1.52. The number of carbonyl (C=O) groups is 1. The van der Waals surface area contributed by atoms with E-state index in [-0.39, 0.29) is 6.09 Å². The zero-order valence-electron chi connectivity index (χ0n) is 9.47. The number of nitrogens with zero attached hydrogens (tertiary/aromatic N) is 2. The second-order valence-corrected chi connectivity index (χ2v) is 3.68. The summed E-state index contributed by atoms with van der Waals surface area (Å²) in [4.78, 5) is 12.9. The van der Waals surface area contributed by atoms with Crippen molar-refractivity contribution in [2.24, 2.45) is 0 Å². The van der Waals surface area contributed by atoms with Gasteiger partial charge in [-0.25, -0.2) is 4.79 Å². The summed E-state index contributed by atoms with van der Waals surface area (Å²) >= 11 is 0. The Morgan fingerprint density at radius 3 is 3.00 bits per heavy atom. The number of carbonyl (C=O) groups excluding carboxylic acids is 1. The molecule has 5 heteroatoms. The van der Waals surface area contributed by atoms with Crippen LogP contribution < -0.4 is 4.74 Å². The lowest BCUT2D eigenvalue weighted by atomic mass is 10.1. The molecule has 0 spiro atoms. The monoisotopic (exact) mass is 232 g/mol. The van der Waals surface area contributed by atoms with Crippen LogP contribution in [-0.2, 0) is 11.3 Å². The topological polar surface area (TPSA) is 62.6 Å². The van der Waals surface area contributed by atoms with E-state index in [1.807, 2.05) is 6.07 Å². The Balaban J connectivity index is 2.17. The van der Waals surface area contributed by atoms with Crippen LogP contribution in [0.2, 0.25) is 0 Å². The van der Waals surface area contributed by atoms with Crippen LogP contribution in [0.25, 0.3) is 0 Å². The molecule has 1 fully saturated rings. The van der Waals surface area contributed by atoms with Crippen LogP contribution in [-0.4, -0.2) is 31.3 Å². The summed E-state index contributed by atoms with van der Waals surface area (Å²) in [6.07, 6.45) is -0.306. The van der Waals surface area contributed by atoms with Crippen LogP contribution in [0.15, 0.2) is 18.2 Å². The van der Waals surface area contributed by atoms with E-state index in [0.29, 0.717) is 31.0 Å². The summed E-state index contributed by atoms with van der Waals surface area (Å²) in [5.41, 5.74) is 1.36. The van der Waals surface area contributed by atoms with Crippen molar-refractivity contribution in [3.63, 3.8) is 0 Å². The maximum absolute atomic E-state index is 11.3. The maximum atomic E-state index is 11.3. The van der Waals surface area contributed by atoms with Crippen molar-refractivity contribution in [3.8, 4) is 11.8 Å². The Labute approximate surface area is 99.2 Å². The summed E-state index contributed by atoms with van der Waals surface area (Å²) in [5.74, 6) is 0.542. The van der Waals surface area contributed by atoms with E-state index in [1.165, 1.54) is 7.11 Å². The van der Waals surface area contributed by atoms with Crippen molar-refractivity contribution in [3.05, 3.63) is 29.3 Å². The van der Waals surface area contributed by atoms with Gasteiger partial charge in [0.15, 0.2) is 0 Å². The molecule has 0 aromatic heterocycles. The molecular weight excluding hydrogens is 220 g/mol. The Hall–Kier alpha value is -2.22. The smallest absolute Gasteiger partial charge is 0.410 e. The quantitative estimate of drug-likeness (QED) is 0.792. The van der Waals surface area contributed by atoms with Gasteiger partial charge in [-0.2, -0.15) is 5.26 Å². The lowest BCUT2D eigenvalue weighted by Gasteiger charge is -2.13. The standard InChI is InChI=1S/C12H12N2O3/c1-16-11-3-2-9(6-10(11)7-13)8-14-4-5-17-12(14)15/h2-3,6H,4-5,8H2,1H3. The first kappa shape index (κ1) is 11.3. The third-order valence-corrected chi connectivity index (χ3v) is 2.60. The average molecular weight is 232 g/mol. The van der Waals surface area contributed by atoms with Gasteiger partial charge in [0.25, 0.3) is 0 Å². The van der Waals surface area contributed by atoms with E-state index < -0.39 is 0 Å². The van der Waals surface area contributed by atoms with Crippen molar-refractivity contribution in [1.82, 2.24) is 4.90 Å². The largest absolute Gasteiger partial charge is 0.495 e. The Kier molecular flexibility index (Phi) is 3.15. The van der Waals surface area contributed by atoms with Crippen LogP contribution in [0.1, 0.15) is 11.1 Å². The van der Waals surface area contributed by atoms with Crippen LogP contribution >= 0.6 is 0 Å². The number of nitriles is 1. The number of cyclic esters (lactones) is 1. The summed E-state index contributed by atoms with van der Waals surface area (Å²) in [6, 6.07) is 7.36. The highest BCUT2D eigenvalue weighted by Crippen LogP contribution is 2.20. The van der Waals surface area contributed by atoms with Gasteiger partial charge >= 0.3 is 6.09 Å². The van der Waals surface area contributed by atoms with Crippen molar-refractivity contribution >= 4 is 6.09 Å². The van der Waals surface area contributed by atoms with Crippen LogP contribution in [0.4, 0.5) is 4.79 Å². The van der Waals surface area contributed by atoms with Crippen LogP contribution in [0, 0.1) is 11.3 Å². The highest BCUT2D eigenvalue weighted by molar-refractivity contribution is 5.69. The second-order valence-electron chi connectivity index (χ2n) is 3.68. The van der Waals surface area contributed by atoms with Gasteiger partial charge in [-0.3, -0.25) is 0 Å². The molecule has 0 aliphatic carbocycles. The summed E-state index contributed by atoms with van der Waals surface area (Å²) in [6.45, 7) is 1.48. The van der Waals surface area contributed by atoms with Gasteiger partial charge in [-0.05, 0) is 17.7 Å². The SMILES string of the molecule is COc1ccc(CN2CCOC2=O)cc1C#N. The number of hydrogen-bond acceptors (Lipinski definition) is 4. The molecule has 17 heavy (non-hydrogen) atoms. The fourth-order valence-electron chi connectivity index (χ4n) is 1.73. The predicted molar refractivity (Wildman–Crippen MR) is 59.5 cm³/mol. The molecule has 1 aliphatic rings. The van der Waals surface area contributed by atoms with Crippen molar-refractivity contribution < 1.29 is 14.3 Å². The Morgan fingerprint density at radius 2 is 2.41 bits per heavy atom. The minimum absolute atomic E-state index is 0.306. The highest BCUT2D eigenvalue weighted by atomic mass is 16.6. The molecule has 0 N–H and O–H groups in total. The number of ether oxygens (including phenoxy) is 2. The lowest BCUT2D eigenvalue weighted by Crippen LogP contribution is -2.23. The summed E-state index contributed by atoms with van der Waals surface area (Å²) < 4.78 is 9.89. The average Bonchev–Trinajstić information content (AvgIpc) is 2.75. The minimum atomic E-state index is -0.306. The van der Waals surface area contributed by atoms with E-state index >= 15 is 0 Å². The fourth-order valence-corrected chi connectivity index (χ4v) is 1.73. The summed E-state index contributed by atoms with van der Waals surface area (Å²) in [5, 5.41) is 8.95. The maximum Gasteiger partial charge on any atom is 0.410 e. The molecule has 88 valence electrons. The van der Waals surface area contributed by atoms with Crippen molar-refractivity contribution in [1.29, 1.82) is 5.26 Å². The molecule has 1 aromatic carbocycles. The Bertz CT molecular complexity index is 479. The van der Waals surface area contributed by atoms with Crippen LogP contribution in [0.5, 0.6) is 5.75 Å². The molecule has 1 aromatic rings. The van der Waals surface area contributed by atoms with E-state index in [4.69, 9.17) is 14.7 Å². The molecule has 5 nitrogen and oxygen atoms in total. The van der Waals surface area contributed by atoms with Gasteiger partial charge in [0.2, 0.25) is 0 Å². The number of amides is 1.